The van der Waals surface area contributed by atoms with Crippen LogP contribution in [0.5, 0.6) is 0 Å². The minimum atomic E-state index is -3.88. The molecule has 2 aromatic rings. The molecule has 1 aliphatic rings. The molecule has 0 radical (unpaired) electrons. The molecule has 3 rings (SSSR count). The summed E-state index contributed by atoms with van der Waals surface area (Å²) in [5.41, 5.74) is 0. The Morgan fingerprint density at radius 1 is 1.41 bits per heavy atom. The number of aromatic nitrogens is 5. The van der Waals surface area contributed by atoms with Gasteiger partial charge in [0.25, 0.3) is 14.2 Å². The van der Waals surface area contributed by atoms with Crippen LogP contribution in [0.15, 0.2) is 11.4 Å². The minimum absolute atomic E-state index is 0.102. The van der Waals surface area contributed by atoms with Gasteiger partial charge in [-0.1, -0.05) is 4.49 Å². The molecule has 0 saturated heterocycles. The van der Waals surface area contributed by atoms with Gasteiger partial charge in [-0.3, -0.25) is 4.57 Å². The molecule has 0 amide bonds. The van der Waals surface area contributed by atoms with E-state index in [-0.39, 0.29) is 11.2 Å². The highest BCUT2D eigenvalue weighted by Crippen LogP contribution is 2.40. The number of nitrogens with zero attached hydrogens (tertiary/aromatic N) is 5. The standard InChI is InChI=1S/C7H6ClN5O2S2/c8-17(14,15)7-11-10-6(5-3-9-12-16-5)13(7)4-1-2-4/h3-4H,1-2H2. The van der Waals surface area contributed by atoms with Gasteiger partial charge in [-0.2, -0.15) is 0 Å². The molecule has 7 nitrogen and oxygen atoms in total. The topological polar surface area (TPSA) is 90.6 Å². The summed E-state index contributed by atoms with van der Waals surface area (Å²) < 4.78 is 28.0. The lowest BCUT2D eigenvalue weighted by molar-refractivity contribution is 0.579. The first-order chi connectivity index (χ1) is 8.07. The van der Waals surface area contributed by atoms with E-state index in [9.17, 15) is 8.42 Å². The molecule has 2 aromatic heterocycles. The Balaban J connectivity index is 2.21. The molecular weight excluding hydrogens is 286 g/mol. The molecule has 17 heavy (non-hydrogen) atoms. The fraction of sp³-hybridized carbons (Fsp3) is 0.429. The second-order valence-corrected chi connectivity index (χ2v) is 6.87. The van der Waals surface area contributed by atoms with Gasteiger partial charge in [0.1, 0.15) is 4.88 Å². The van der Waals surface area contributed by atoms with E-state index in [2.05, 4.69) is 19.8 Å². The van der Waals surface area contributed by atoms with Crippen molar-refractivity contribution in [2.45, 2.75) is 24.0 Å². The predicted octanol–water partition coefficient (Wildman–Crippen LogP) is 1.06. The van der Waals surface area contributed by atoms with Crippen LogP contribution >= 0.6 is 22.2 Å². The van der Waals surface area contributed by atoms with Gasteiger partial charge in [0, 0.05) is 16.7 Å². The average Bonchev–Trinajstić information content (AvgIpc) is 2.81. The summed E-state index contributed by atoms with van der Waals surface area (Å²) >= 11 is 1.14. The van der Waals surface area contributed by atoms with Crippen LogP contribution in [0.2, 0.25) is 0 Å². The second kappa shape index (κ2) is 3.72. The van der Waals surface area contributed by atoms with E-state index < -0.39 is 9.05 Å². The van der Waals surface area contributed by atoms with E-state index in [1.165, 1.54) is 6.20 Å². The maximum absolute atomic E-state index is 11.4. The van der Waals surface area contributed by atoms with E-state index in [0.29, 0.717) is 10.7 Å². The summed E-state index contributed by atoms with van der Waals surface area (Å²) in [5, 5.41) is 11.0. The van der Waals surface area contributed by atoms with Crippen molar-refractivity contribution in [3.63, 3.8) is 0 Å². The van der Waals surface area contributed by atoms with Gasteiger partial charge in [-0.05, 0) is 24.4 Å². The van der Waals surface area contributed by atoms with Gasteiger partial charge in [0.2, 0.25) is 0 Å². The molecule has 0 spiro atoms. The van der Waals surface area contributed by atoms with E-state index in [4.69, 9.17) is 10.7 Å². The Hall–Kier alpha value is -1.06. The number of halogens is 1. The summed E-state index contributed by atoms with van der Waals surface area (Å²) in [6, 6.07) is 0.102. The first kappa shape index (κ1) is 11.1. The molecule has 0 aromatic carbocycles. The summed E-state index contributed by atoms with van der Waals surface area (Å²) in [4.78, 5) is 0.677. The summed E-state index contributed by atoms with van der Waals surface area (Å²) in [6.07, 6.45) is 3.32. The molecule has 1 saturated carbocycles. The molecule has 0 N–H and O–H groups in total. The molecule has 10 heteroatoms. The largest absolute Gasteiger partial charge is 0.296 e. The van der Waals surface area contributed by atoms with Gasteiger partial charge in [-0.15, -0.1) is 15.3 Å². The van der Waals surface area contributed by atoms with Gasteiger partial charge in [-0.25, -0.2) is 8.42 Å². The first-order valence-electron chi connectivity index (χ1n) is 4.74. The normalized spacial score (nSPS) is 16.3. The van der Waals surface area contributed by atoms with E-state index in [1.807, 2.05) is 0 Å². The summed E-state index contributed by atoms with van der Waals surface area (Å²) in [5.74, 6) is 0.460. The molecule has 0 unspecified atom stereocenters. The van der Waals surface area contributed by atoms with Crippen LogP contribution in [-0.4, -0.2) is 32.8 Å². The minimum Gasteiger partial charge on any atom is -0.293 e. The molecule has 0 atom stereocenters. The highest BCUT2D eigenvalue weighted by molar-refractivity contribution is 8.13. The van der Waals surface area contributed by atoms with Crippen LogP contribution in [-0.2, 0) is 9.05 Å². The lowest BCUT2D eigenvalue weighted by Gasteiger charge is -2.04. The first-order valence-corrected chi connectivity index (χ1v) is 7.83. The van der Waals surface area contributed by atoms with Crippen molar-refractivity contribution in [3.8, 4) is 10.7 Å². The number of hydrogen-bond donors (Lipinski definition) is 0. The van der Waals surface area contributed by atoms with Gasteiger partial charge in [0.15, 0.2) is 5.82 Å². The fourth-order valence-corrected chi connectivity index (χ4v) is 2.96. The van der Waals surface area contributed by atoms with Crippen LogP contribution in [0.4, 0.5) is 0 Å². The summed E-state index contributed by atoms with van der Waals surface area (Å²) in [7, 11) is 1.45. The van der Waals surface area contributed by atoms with Crippen LogP contribution in [0, 0.1) is 0 Å². The van der Waals surface area contributed by atoms with Crippen LogP contribution < -0.4 is 0 Å². The number of hydrogen-bond acceptors (Lipinski definition) is 7. The van der Waals surface area contributed by atoms with Crippen LogP contribution in [0.25, 0.3) is 10.7 Å². The highest BCUT2D eigenvalue weighted by Gasteiger charge is 2.34. The third-order valence-corrected chi connectivity index (χ3v) is 4.17. The SMILES string of the molecule is O=S(=O)(Cl)c1nnc(-c2cnns2)n1C1CC1. The van der Waals surface area contributed by atoms with Crippen LogP contribution in [0.1, 0.15) is 18.9 Å². The van der Waals surface area contributed by atoms with Gasteiger partial charge in [0.05, 0.1) is 6.20 Å². The fourth-order valence-electron chi connectivity index (χ4n) is 1.54. The Bertz CT molecular complexity index is 646. The van der Waals surface area contributed by atoms with Crippen molar-refractivity contribution in [2.24, 2.45) is 0 Å². The van der Waals surface area contributed by atoms with E-state index >= 15 is 0 Å². The van der Waals surface area contributed by atoms with E-state index in [1.54, 1.807) is 4.57 Å². The Morgan fingerprint density at radius 3 is 2.71 bits per heavy atom. The van der Waals surface area contributed by atoms with Crippen LogP contribution in [0.3, 0.4) is 0 Å². The molecule has 90 valence electrons. The molecule has 0 bridgehead atoms. The highest BCUT2D eigenvalue weighted by atomic mass is 35.7. The second-order valence-electron chi connectivity index (χ2n) is 3.63. The molecule has 1 fully saturated rings. The maximum atomic E-state index is 11.4. The van der Waals surface area contributed by atoms with Crippen molar-refractivity contribution in [2.75, 3.05) is 0 Å². The van der Waals surface area contributed by atoms with E-state index in [0.717, 1.165) is 24.4 Å². The quantitative estimate of drug-likeness (QED) is 0.785. The zero-order valence-corrected chi connectivity index (χ0v) is 10.7. The van der Waals surface area contributed by atoms with Crippen molar-refractivity contribution < 1.29 is 8.42 Å². The smallest absolute Gasteiger partial charge is 0.293 e. The monoisotopic (exact) mass is 291 g/mol. The van der Waals surface area contributed by atoms with Crippen molar-refractivity contribution in [1.29, 1.82) is 0 Å². The van der Waals surface area contributed by atoms with Gasteiger partial charge < -0.3 is 0 Å². The van der Waals surface area contributed by atoms with Crippen molar-refractivity contribution in [1.82, 2.24) is 24.4 Å². The van der Waals surface area contributed by atoms with Crippen molar-refractivity contribution >= 4 is 31.3 Å². The molecule has 0 aliphatic heterocycles. The van der Waals surface area contributed by atoms with Crippen molar-refractivity contribution in [3.05, 3.63) is 6.20 Å². The summed E-state index contributed by atoms with van der Waals surface area (Å²) in [6.45, 7) is 0. The lowest BCUT2D eigenvalue weighted by atomic mass is 10.5. The zero-order chi connectivity index (χ0) is 12.0. The molecule has 2 heterocycles. The Kier molecular flexibility index (Phi) is 2.42. The molecular formula is C7H6ClN5O2S2. The maximum Gasteiger partial charge on any atom is 0.296 e. The lowest BCUT2D eigenvalue weighted by Crippen LogP contribution is -2.05. The predicted molar refractivity (Wildman–Crippen MR) is 60.2 cm³/mol. The number of rotatable bonds is 3. The zero-order valence-electron chi connectivity index (χ0n) is 8.32. The third kappa shape index (κ3) is 1.94. The Labute approximate surface area is 105 Å². The van der Waals surface area contributed by atoms with Gasteiger partial charge >= 0.3 is 0 Å². The average molecular weight is 292 g/mol. The third-order valence-electron chi connectivity index (χ3n) is 2.38. The molecule has 1 aliphatic carbocycles. The Morgan fingerprint density at radius 2 is 2.18 bits per heavy atom.